The zero-order chi connectivity index (χ0) is 9.71. The second kappa shape index (κ2) is 2.83. The molecule has 14 heavy (non-hydrogen) atoms. The number of rotatable bonds is 2. The predicted octanol–water partition coefficient (Wildman–Crippen LogP) is 2.02. The molecule has 4 aliphatic rings. The van der Waals surface area contributed by atoms with Gasteiger partial charge in [0.25, 0.3) is 0 Å². The molecule has 2 bridgehead atoms. The summed E-state index contributed by atoms with van der Waals surface area (Å²) in [6.07, 6.45) is 11.3. The van der Waals surface area contributed by atoms with E-state index in [1.807, 2.05) is 6.08 Å². The van der Waals surface area contributed by atoms with E-state index in [0.29, 0.717) is 36.2 Å². The van der Waals surface area contributed by atoms with E-state index in [1.165, 1.54) is 0 Å². The van der Waals surface area contributed by atoms with Crippen LogP contribution in [0.3, 0.4) is 0 Å². The van der Waals surface area contributed by atoms with Gasteiger partial charge in [0.15, 0.2) is 0 Å². The van der Waals surface area contributed by atoms with E-state index in [0.717, 1.165) is 5.92 Å². The van der Waals surface area contributed by atoms with Crippen LogP contribution in [0.1, 0.15) is 0 Å². The van der Waals surface area contributed by atoms with E-state index in [1.54, 1.807) is 0 Å². The smallest absolute Gasteiger partial charge is 0.0470 e. The lowest BCUT2D eigenvalue weighted by molar-refractivity contribution is 0.0239. The minimum atomic E-state index is 0.305. The van der Waals surface area contributed by atoms with Gasteiger partial charge < -0.3 is 5.11 Å². The second-order valence-corrected chi connectivity index (χ2v) is 4.74. The van der Waals surface area contributed by atoms with Gasteiger partial charge in [-0.1, -0.05) is 30.4 Å². The number of fused-ring (bicyclic) bond motifs is 1. The zero-order valence-corrected chi connectivity index (χ0v) is 8.21. The minimum Gasteiger partial charge on any atom is -0.396 e. The van der Waals surface area contributed by atoms with Crippen LogP contribution in [0.15, 0.2) is 37.0 Å². The van der Waals surface area contributed by atoms with E-state index < -0.39 is 0 Å². The van der Waals surface area contributed by atoms with E-state index in [9.17, 15) is 5.11 Å². The molecule has 6 atom stereocenters. The molecule has 0 saturated heterocycles. The normalized spacial score (nSPS) is 52.6. The van der Waals surface area contributed by atoms with Gasteiger partial charge in [-0.2, -0.15) is 0 Å². The standard InChI is InChI=1S/C13H16O/c1-2-8-9-3-6-12(13(8)7-14)11-5-4-10(9)11/h2-6,8-14H,1,7H2/t8-,9+,10+,11+,12+,13-/m1/s1. The summed E-state index contributed by atoms with van der Waals surface area (Å²) in [5.74, 6) is 3.50. The molecule has 1 nitrogen and oxygen atoms in total. The van der Waals surface area contributed by atoms with Crippen LogP contribution in [-0.4, -0.2) is 11.7 Å². The van der Waals surface area contributed by atoms with Crippen molar-refractivity contribution in [1.29, 1.82) is 0 Å². The summed E-state index contributed by atoms with van der Waals surface area (Å²) in [6.45, 7) is 4.22. The lowest BCUT2D eigenvalue weighted by Crippen LogP contribution is -2.50. The maximum Gasteiger partial charge on any atom is 0.0470 e. The van der Waals surface area contributed by atoms with E-state index in [-0.39, 0.29) is 0 Å². The van der Waals surface area contributed by atoms with Crippen LogP contribution < -0.4 is 0 Å². The summed E-state index contributed by atoms with van der Waals surface area (Å²) in [5, 5.41) is 9.44. The van der Waals surface area contributed by atoms with Crippen LogP contribution in [0.25, 0.3) is 0 Å². The van der Waals surface area contributed by atoms with Gasteiger partial charge in [0.2, 0.25) is 0 Å². The van der Waals surface area contributed by atoms with E-state index >= 15 is 0 Å². The quantitative estimate of drug-likeness (QED) is 0.657. The monoisotopic (exact) mass is 188 g/mol. The van der Waals surface area contributed by atoms with Crippen LogP contribution in [0.5, 0.6) is 0 Å². The van der Waals surface area contributed by atoms with Gasteiger partial charge in [0.05, 0.1) is 0 Å². The van der Waals surface area contributed by atoms with Crippen molar-refractivity contribution in [3.8, 4) is 0 Å². The maximum absolute atomic E-state index is 9.44. The summed E-state index contributed by atoms with van der Waals surface area (Å²) in [4.78, 5) is 0. The highest BCUT2D eigenvalue weighted by Gasteiger charge is 2.50. The molecular weight excluding hydrogens is 172 g/mol. The fourth-order valence-corrected chi connectivity index (χ4v) is 3.58. The van der Waals surface area contributed by atoms with Gasteiger partial charge in [-0.25, -0.2) is 0 Å². The Morgan fingerprint density at radius 3 is 2.14 bits per heavy atom. The average molecular weight is 188 g/mol. The first-order valence-electron chi connectivity index (χ1n) is 5.47. The molecule has 1 saturated carbocycles. The Morgan fingerprint density at radius 2 is 1.57 bits per heavy atom. The van der Waals surface area contributed by atoms with Crippen molar-refractivity contribution in [3.05, 3.63) is 37.0 Å². The van der Waals surface area contributed by atoms with Crippen molar-refractivity contribution in [2.24, 2.45) is 35.5 Å². The third kappa shape index (κ3) is 0.838. The molecule has 74 valence electrons. The van der Waals surface area contributed by atoms with Gasteiger partial charge in [-0.3, -0.25) is 0 Å². The number of aliphatic hydroxyl groups is 1. The molecule has 4 rings (SSSR count). The highest BCUT2D eigenvalue weighted by molar-refractivity contribution is 5.28. The Labute approximate surface area is 84.8 Å². The fourth-order valence-electron chi connectivity index (χ4n) is 3.58. The molecule has 0 aromatic carbocycles. The number of allylic oxidation sites excluding steroid dienone is 5. The highest BCUT2D eigenvalue weighted by Crippen LogP contribution is 2.55. The summed E-state index contributed by atoms with van der Waals surface area (Å²) >= 11 is 0. The van der Waals surface area contributed by atoms with Gasteiger partial charge >= 0.3 is 0 Å². The van der Waals surface area contributed by atoms with E-state index in [4.69, 9.17) is 0 Å². The van der Waals surface area contributed by atoms with Crippen LogP contribution in [-0.2, 0) is 0 Å². The predicted molar refractivity (Wildman–Crippen MR) is 56.5 cm³/mol. The van der Waals surface area contributed by atoms with Crippen molar-refractivity contribution in [1.82, 2.24) is 0 Å². The topological polar surface area (TPSA) is 20.2 Å². The molecule has 0 aromatic rings. The van der Waals surface area contributed by atoms with Crippen LogP contribution in [0.2, 0.25) is 0 Å². The van der Waals surface area contributed by atoms with Gasteiger partial charge in [-0.05, 0) is 35.5 Å². The number of aliphatic hydroxyl groups excluding tert-OH is 1. The third-order valence-corrected chi connectivity index (χ3v) is 4.36. The summed E-state index contributed by atoms with van der Waals surface area (Å²) < 4.78 is 0. The molecule has 0 aliphatic heterocycles. The van der Waals surface area contributed by atoms with Gasteiger partial charge in [-0.15, -0.1) is 6.58 Å². The number of hydrogen-bond acceptors (Lipinski definition) is 1. The largest absolute Gasteiger partial charge is 0.396 e. The lowest BCUT2D eigenvalue weighted by atomic mass is 9.50. The lowest BCUT2D eigenvalue weighted by Gasteiger charge is -2.54. The van der Waals surface area contributed by atoms with Gasteiger partial charge in [0.1, 0.15) is 0 Å². The Bertz CT molecular complexity index is 315. The van der Waals surface area contributed by atoms with Crippen molar-refractivity contribution in [2.45, 2.75) is 0 Å². The summed E-state index contributed by atoms with van der Waals surface area (Å²) in [6, 6.07) is 0. The van der Waals surface area contributed by atoms with Crippen LogP contribution >= 0.6 is 0 Å². The first kappa shape index (κ1) is 8.49. The summed E-state index contributed by atoms with van der Waals surface area (Å²) in [5.41, 5.74) is 0. The van der Waals surface area contributed by atoms with Crippen molar-refractivity contribution < 1.29 is 5.11 Å². The van der Waals surface area contributed by atoms with Crippen LogP contribution in [0.4, 0.5) is 0 Å². The van der Waals surface area contributed by atoms with Crippen molar-refractivity contribution in [2.75, 3.05) is 6.61 Å². The summed E-state index contributed by atoms with van der Waals surface area (Å²) in [7, 11) is 0. The molecule has 0 amide bonds. The molecule has 0 aromatic heterocycles. The molecular formula is C13H16O. The third-order valence-electron chi connectivity index (χ3n) is 4.36. The Balaban J connectivity index is 2.00. The SMILES string of the molecule is C=C[C@@H]1[C@@H]2C=C[C@@H]([C@H]3C=C[C@@H]23)[C@@H]1CO. The molecule has 1 heteroatoms. The molecule has 1 fully saturated rings. The fraction of sp³-hybridized carbons (Fsp3) is 0.538. The molecule has 4 aliphatic carbocycles. The van der Waals surface area contributed by atoms with Crippen LogP contribution in [0, 0.1) is 35.5 Å². The Hall–Kier alpha value is -0.820. The molecule has 0 heterocycles. The molecule has 0 unspecified atom stereocenters. The molecule has 0 radical (unpaired) electrons. The minimum absolute atomic E-state index is 0.305. The first-order chi connectivity index (χ1) is 6.86. The second-order valence-electron chi connectivity index (χ2n) is 4.74. The maximum atomic E-state index is 9.44. The number of hydrogen-bond donors (Lipinski definition) is 1. The molecule has 1 N–H and O–H groups in total. The Kier molecular flexibility index (Phi) is 1.72. The first-order valence-corrected chi connectivity index (χ1v) is 5.47. The average Bonchev–Trinajstić information content (AvgIpc) is 2.16. The van der Waals surface area contributed by atoms with E-state index in [2.05, 4.69) is 30.9 Å². The highest BCUT2D eigenvalue weighted by atomic mass is 16.3. The molecule has 0 spiro atoms. The Morgan fingerprint density at radius 1 is 1.00 bits per heavy atom. The van der Waals surface area contributed by atoms with Crippen molar-refractivity contribution in [3.63, 3.8) is 0 Å². The zero-order valence-electron chi connectivity index (χ0n) is 8.21. The van der Waals surface area contributed by atoms with Gasteiger partial charge in [0, 0.05) is 6.61 Å². The van der Waals surface area contributed by atoms with Crippen molar-refractivity contribution >= 4 is 0 Å².